The number of halogens is 2. The van der Waals surface area contributed by atoms with E-state index in [0.717, 1.165) is 35.2 Å². The van der Waals surface area contributed by atoms with Gasteiger partial charge in [-0.25, -0.2) is 8.78 Å². The lowest BCUT2D eigenvalue weighted by Crippen LogP contribution is -2.37. The monoisotopic (exact) mass is 435 g/mol. The first-order valence-corrected chi connectivity index (χ1v) is 10.8. The number of rotatable bonds is 6. The summed E-state index contributed by atoms with van der Waals surface area (Å²) in [6, 6.07) is 18.1. The van der Waals surface area contributed by atoms with Crippen molar-refractivity contribution >= 4 is 5.91 Å². The Balaban J connectivity index is 1.59. The lowest BCUT2D eigenvalue weighted by Gasteiger charge is -2.15. The molecule has 32 heavy (non-hydrogen) atoms. The fourth-order valence-corrected chi connectivity index (χ4v) is 4.10. The molecular formula is C26H27F2N3O. The number of hydrogen-bond acceptors (Lipinski definition) is 3. The average molecular weight is 436 g/mol. The lowest BCUT2D eigenvalue weighted by atomic mass is 9.95. The van der Waals surface area contributed by atoms with Crippen molar-refractivity contribution in [1.82, 2.24) is 10.6 Å². The quantitative estimate of drug-likeness (QED) is 0.539. The SMILES string of the molecule is CC(N)C1CNC(CNC(=O)c2cc(-c3ccc(F)cc3)cc(-c3ccc(F)cc3)c2)C1. The van der Waals surface area contributed by atoms with E-state index in [1.165, 1.54) is 24.3 Å². The minimum absolute atomic E-state index is 0.119. The zero-order chi connectivity index (χ0) is 22.7. The molecule has 166 valence electrons. The van der Waals surface area contributed by atoms with Gasteiger partial charge in [-0.15, -0.1) is 0 Å². The molecule has 1 saturated heterocycles. The van der Waals surface area contributed by atoms with Gasteiger partial charge in [0.05, 0.1) is 0 Å². The Labute approximate surface area is 186 Å². The van der Waals surface area contributed by atoms with Crippen LogP contribution in [0.15, 0.2) is 66.7 Å². The molecule has 1 fully saturated rings. The van der Waals surface area contributed by atoms with Gasteiger partial charge >= 0.3 is 0 Å². The van der Waals surface area contributed by atoms with Gasteiger partial charge in [0.1, 0.15) is 11.6 Å². The zero-order valence-electron chi connectivity index (χ0n) is 17.9. The molecular weight excluding hydrogens is 408 g/mol. The molecule has 3 aromatic rings. The molecule has 1 heterocycles. The second-order valence-electron chi connectivity index (χ2n) is 8.48. The smallest absolute Gasteiger partial charge is 0.251 e. The van der Waals surface area contributed by atoms with Crippen molar-refractivity contribution in [3.05, 3.63) is 83.9 Å². The predicted octanol–water partition coefficient (Wildman–Crippen LogP) is 4.35. The summed E-state index contributed by atoms with van der Waals surface area (Å²) in [7, 11) is 0. The fourth-order valence-electron chi connectivity index (χ4n) is 4.10. The zero-order valence-corrected chi connectivity index (χ0v) is 17.9. The summed E-state index contributed by atoms with van der Waals surface area (Å²) >= 11 is 0. The summed E-state index contributed by atoms with van der Waals surface area (Å²) in [6.45, 7) is 3.37. The van der Waals surface area contributed by atoms with E-state index in [4.69, 9.17) is 5.73 Å². The molecule has 0 aliphatic carbocycles. The van der Waals surface area contributed by atoms with Gasteiger partial charge in [-0.05, 0) is 90.5 Å². The molecule has 0 spiro atoms. The van der Waals surface area contributed by atoms with Gasteiger partial charge in [0, 0.05) is 24.2 Å². The number of carbonyl (C=O) groups excluding carboxylic acids is 1. The summed E-state index contributed by atoms with van der Waals surface area (Å²) in [5, 5.41) is 6.43. The highest BCUT2D eigenvalue weighted by atomic mass is 19.1. The van der Waals surface area contributed by atoms with Gasteiger partial charge in [-0.3, -0.25) is 4.79 Å². The molecule has 1 aliphatic rings. The number of hydrogen-bond donors (Lipinski definition) is 3. The van der Waals surface area contributed by atoms with E-state index in [2.05, 4.69) is 10.6 Å². The minimum Gasteiger partial charge on any atom is -0.350 e. The van der Waals surface area contributed by atoms with Crippen molar-refractivity contribution in [3.8, 4) is 22.3 Å². The van der Waals surface area contributed by atoms with Crippen LogP contribution in [0.3, 0.4) is 0 Å². The maximum absolute atomic E-state index is 13.4. The third-order valence-electron chi connectivity index (χ3n) is 6.06. The molecule has 0 aromatic heterocycles. The van der Waals surface area contributed by atoms with Crippen molar-refractivity contribution in [2.75, 3.05) is 13.1 Å². The van der Waals surface area contributed by atoms with Crippen LogP contribution >= 0.6 is 0 Å². The highest BCUT2D eigenvalue weighted by Gasteiger charge is 2.26. The number of nitrogens with one attached hydrogen (secondary N) is 2. The maximum atomic E-state index is 13.4. The molecule has 6 heteroatoms. The molecule has 1 amide bonds. The van der Waals surface area contributed by atoms with Crippen molar-refractivity contribution in [2.24, 2.45) is 11.7 Å². The van der Waals surface area contributed by atoms with Gasteiger partial charge in [0.25, 0.3) is 5.91 Å². The normalized spacial score (nSPS) is 19.0. The van der Waals surface area contributed by atoms with Crippen LogP contribution in [0.2, 0.25) is 0 Å². The van der Waals surface area contributed by atoms with E-state index >= 15 is 0 Å². The summed E-state index contributed by atoms with van der Waals surface area (Å²) in [6.07, 6.45) is 0.925. The molecule has 0 bridgehead atoms. The van der Waals surface area contributed by atoms with Crippen LogP contribution in [-0.2, 0) is 0 Å². The number of carbonyl (C=O) groups is 1. The Kier molecular flexibility index (Phi) is 6.63. The van der Waals surface area contributed by atoms with Crippen LogP contribution in [-0.4, -0.2) is 31.1 Å². The fraction of sp³-hybridized carbons (Fsp3) is 0.269. The minimum atomic E-state index is -0.324. The Bertz CT molecular complexity index is 1020. The molecule has 3 unspecified atom stereocenters. The average Bonchev–Trinajstić information content (AvgIpc) is 3.28. The van der Waals surface area contributed by atoms with E-state index in [1.54, 1.807) is 36.4 Å². The largest absolute Gasteiger partial charge is 0.350 e. The Morgan fingerprint density at radius 2 is 1.50 bits per heavy atom. The number of nitrogens with two attached hydrogens (primary N) is 1. The third kappa shape index (κ3) is 5.21. The van der Waals surface area contributed by atoms with Gasteiger partial charge in [0.2, 0.25) is 0 Å². The summed E-state index contributed by atoms with van der Waals surface area (Å²) in [4.78, 5) is 13.0. The van der Waals surface area contributed by atoms with E-state index in [-0.39, 0.29) is 29.6 Å². The molecule has 3 aromatic carbocycles. The van der Waals surface area contributed by atoms with Gasteiger partial charge < -0.3 is 16.4 Å². The van der Waals surface area contributed by atoms with Crippen LogP contribution in [0.5, 0.6) is 0 Å². The second-order valence-corrected chi connectivity index (χ2v) is 8.48. The second kappa shape index (κ2) is 9.59. The van der Waals surface area contributed by atoms with Crippen molar-refractivity contribution in [3.63, 3.8) is 0 Å². The number of amides is 1. The van der Waals surface area contributed by atoms with Gasteiger partial charge in [-0.1, -0.05) is 24.3 Å². The highest BCUT2D eigenvalue weighted by molar-refractivity contribution is 5.97. The summed E-state index contributed by atoms with van der Waals surface area (Å²) < 4.78 is 26.8. The molecule has 1 aliphatic heterocycles. The van der Waals surface area contributed by atoms with Gasteiger partial charge in [-0.2, -0.15) is 0 Å². The Morgan fingerprint density at radius 1 is 0.969 bits per heavy atom. The molecule has 3 atom stereocenters. The van der Waals surface area contributed by atoms with Gasteiger partial charge in [0.15, 0.2) is 0 Å². The molecule has 0 radical (unpaired) electrons. The summed E-state index contributed by atoms with van der Waals surface area (Å²) in [5.41, 5.74) is 9.65. The molecule has 0 saturated carbocycles. The van der Waals surface area contributed by atoms with E-state index in [1.807, 2.05) is 13.0 Å². The third-order valence-corrected chi connectivity index (χ3v) is 6.06. The number of benzene rings is 3. The first kappa shape index (κ1) is 22.1. The van der Waals surface area contributed by atoms with Crippen LogP contribution < -0.4 is 16.4 Å². The molecule has 4 rings (SSSR count). The van der Waals surface area contributed by atoms with E-state index < -0.39 is 0 Å². The van der Waals surface area contributed by atoms with Crippen molar-refractivity contribution in [1.29, 1.82) is 0 Å². The Hall–Kier alpha value is -3.09. The predicted molar refractivity (Wildman–Crippen MR) is 123 cm³/mol. The Morgan fingerprint density at radius 3 is 1.97 bits per heavy atom. The maximum Gasteiger partial charge on any atom is 0.251 e. The van der Waals surface area contributed by atoms with Crippen LogP contribution in [0.4, 0.5) is 8.78 Å². The van der Waals surface area contributed by atoms with Crippen LogP contribution in [0.25, 0.3) is 22.3 Å². The first-order valence-electron chi connectivity index (χ1n) is 10.8. The standard InChI is InChI=1S/C26H27F2N3O/c1-16(29)22-13-25(30-14-22)15-31-26(32)21-11-19(17-2-6-23(27)7-3-17)10-20(12-21)18-4-8-24(28)9-5-18/h2-12,16,22,25,30H,13-15,29H2,1H3,(H,31,32). The van der Waals surface area contributed by atoms with E-state index in [9.17, 15) is 13.6 Å². The van der Waals surface area contributed by atoms with E-state index in [0.29, 0.717) is 18.0 Å². The topological polar surface area (TPSA) is 67.2 Å². The lowest BCUT2D eigenvalue weighted by molar-refractivity contribution is 0.0950. The van der Waals surface area contributed by atoms with Crippen molar-refractivity contribution < 1.29 is 13.6 Å². The van der Waals surface area contributed by atoms with Crippen molar-refractivity contribution in [2.45, 2.75) is 25.4 Å². The first-order chi connectivity index (χ1) is 15.4. The molecule has 4 nitrogen and oxygen atoms in total. The molecule has 4 N–H and O–H groups in total. The summed E-state index contributed by atoms with van der Waals surface area (Å²) in [5.74, 6) is -0.432. The highest BCUT2D eigenvalue weighted by Crippen LogP contribution is 2.29. The van der Waals surface area contributed by atoms with Crippen LogP contribution in [0.1, 0.15) is 23.7 Å². The van der Waals surface area contributed by atoms with Crippen LogP contribution in [0, 0.1) is 17.6 Å².